The van der Waals surface area contributed by atoms with Gasteiger partial charge in [0.15, 0.2) is 11.6 Å². The van der Waals surface area contributed by atoms with Crippen molar-refractivity contribution in [3.63, 3.8) is 0 Å². The molecule has 0 aromatic carbocycles. The number of nitrogens with zero attached hydrogens (tertiary/aromatic N) is 5. The van der Waals surface area contributed by atoms with Crippen molar-refractivity contribution in [2.75, 3.05) is 6.61 Å². The molecule has 2 aliphatic heterocycles. The Balaban J connectivity index is 1.71. The number of hydrogen-bond donors (Lipinski definition) is 3. The summed E-state index contributed by atoms with van der Waals surface area (Å²) in [4.78, 5) is 4.41. The van der Waals surface area contributed by atoms with Crippen LogP contribution in [0.1, 0.15) is 42.4 Å². The number of ether oxygens (including phenoxy) is 1. The molecule has 5 N–H and O–H groups in total. The minimum absolute atomic E-state index is 0.0501. The monoisotopic (exact) mass is 356 g/mol. The van der Waals surface area contributed by atoms with Crippen LogP contribution in [0.15, 0.2) is 29.5 Å². The first kappa shape index (κ1) is 16.8. The highest BCUT2D eigenvalue weighted by atomic mass is 16.5. The van der Waals surface area contributed by atoms with E-state index in [9.17, 15) is 0 Å². The maximum Gasteiger partial charge on any atom is 0.195 e. The van der Waals surface area contributed by atoms with Gasteiger partial charge in [-0.1, -0.05) is 0 Å². The summed E-state index contributed by atoms with van der Waals surface area (Å²) in [6.45, 7) is 2.75. The Hall–Kier alpha value is -2.65. The molecule has 0 bridgehead atoms. The third kappa shape index (κ3) is 2.99. The van der Waals surface area contributed by atoms with E-state index in [4.69, 9.17) is 21.3 Å². The standard InChI is InChI=1S/C17H24N8O/c1-11-7-14(23-25(11)15-5-3-4-6-26-15)17(19)8-13(21-16(18)22-17)12-9-20-24(2)10-12/h7-10,15H,3-6,19H2,1-2H3,(H3,18,21,22). The maximum absolute atomic E-state index is 6.59. The molecule has 9 nitrogen and oxygen atoms in total. The van der Waals surface area contributed by atoms with Gasteiger partial charge in [0.2, 0.25) is 0 Å². The zero-order valence-corrected chi connectivity index (χ0v) is 15.0. The van der Waals surface area contributed by atoms with Gasteiger partial charge in [0.25, 0.3) is 0 Å². The number of aryl methyl sites for hydroxylation is 2. The van der Waals surface area contributed by atoms with Crippen LogP contribution in [0.4, 0.5) is 0 Å². The van der Waals surface area contributed by atoms with Gasteiger partial charge >= 0.3 is 0 Å². The van der Waals surface area contributed by atoms with Gasteiger partial charge in [-0.3, -0.25) is 10.4 Å². The predicted octanol–water partition coefficient (Wildman–Crippen LogP) is 0.695. The molecule has 4 heterocycles. The Labute approximate surface area is 151 Å². The number of guanidine groups is 1. The highest BCUT2D eigenvalue weighted by Gasteiger charge is 2.33. The lowest BCUT2D eigenvalue weighted by molar-refractivity contribution is -0.0409. The first-order chi connectivity index (χ1) is 12.4. The molecule has 4 rings (SSSR count). The Morgan fingerprint density at radius 2 is 2.23 bits per heavy atom. The zero-order chi connectivity index (χ0) is 18.3. The van der Waals surface area contributed by atoms with E-state index >= 15 is 0 Å². The van der Waals surface area contributed by atoms with Crippen LogP contribution >= 0.6 is 0 Å². The largest absolute Gasteiger partial charge is 0.370 e. The molecule has 2 aliphatic rings. The molecule has 0 amide bonds. The van der Waals surface area contributed by atoms with Crippen LogP contribution in [0.2, 0.25) is 0 Å². The summed E-state index contributed by atoms with van der Waals surface area (Å²) < 4.78 is 9.47. The summed E-state index contributed by atoms with van der Waals surface area (Å²) in [6.07, 6.45) is 8.58. The fourth-order valence-corrected chi connectivity index (χ4v) is 3.39. The maximum atomic E-state index is 6.59. The molecule has 2 atom stereocenters. The van der Waals surface area contributed by atoms with Gasteiger partial charge in [-0.15, -0.1) is 0 Å². The Bertz CT molecular complexity index is 873. The minimum Gasteiger partial charge on any atom is -0.370 e. The van der Waals surface area contributed by atoms with Crippen LogP contribution in [-0.4, -0.2) is 32.1 Å². The van der Waals surface area contributed by atoms with Gasteiger partial charge in [0.1, 0.15) is 11.9 Å². The minimum atomic E-state index is -1.15. The number of nitrogens with one attached hydrogen (secondary N) is 1. The summed E-state index contributed by atoms with van der Waals surface area (Å²) in [5, 5.41) is 12.0. The van der Waals surface area contributed by atoms with Gasteiger partial charge in [0.05, 0.1) is 11.9 Å². The number of aliphatic imine (C=N–C) groups is 1. The first-order valence-corrected chi connectivity index (χ1v) is 8.76. The van der Waals surface area contributed by atoms with Crippen molar-refractivity contribution in [3.8, 4) is 0 Å². The molecule has 2 aromatic heterocycles. The highest BCUT2D eigenvalue weighted by Crippen LogP contribution is 2.30. The zero-order valence-electron chi connectivity index (χ0n) is 15.0. The Kier molecular flexibility index (Phi) is 4.04. The van der Waals surface area contributed by atoms with Crippen molar-refractivity contribution in [2.24, 2.45) is 23.5 Å². The molecular formula is C17H24N8O. The molecule has 138 valence electrons. The van der Waals surface area contributed by atoms with Gasteiger partial charge in [-0.2, -0.15) is 10.2 Å². The summed E-state index contributed by atoms with van der Waals surface area (Å²) in [5.41, 5.74) is 14.7. The van der Waals surface area contributed by atoms with Gasteiger partial charge in [0, 0.05) is 31.1 Å². The Morgan fingerprint density at radius 3 is 2.92 bits per heavy atom. The molecule has 0 saturated carbocycles. The number of rotatable bonds is 3. The van der Waals surface area contributed by atoms with Gasteiger partial charge < -0.3 is 15.8 Å². The molecule has 2 aromatic rings. The van der Waals surface area contributed by atoms with E-state index in [0.29, 0.717) is 5.69 Å². The number of nitrogens with two attached hydrogens (primary N) is 2. The first-order valence-electron chi connectivity index (χ1n) is 8.76. The van der Waals surface area contributed by atoms with Crippen LogP contribution in [0.5, 0.6) is 0 Å². The van der Waals surface area contributed by atoms with Gasteiger partial charge in [-0.05, 0) is 38.3 Å². The lowest BCUT2D eigenvalue weighted by atomic mass is 10.0. The summed E-state index contributed by atoms with van der Waals surface area (Å²) in [7, 11) is 1.86. The second-order valence-corrected chi connectivity index (χ2v) is 6.84. The molecule has 0 spiro atoms. The van der Waals surface area contributed by atoms with Crippen molar-refractivity contribution < 1.29 is 4.74 Å². The van der Waals surface area contributed by atoms with E-state index in [2.05, 4.69) is 15.4 Å². The molecule has 0 aliphatic carbocycles. The van der Waals surface area contributed by atoms with E-state index in [-0.39, 0.29) is 12.2 Å². The second kappa shape index (κ2) is 6.26. The third-order valence-corrected chi connectivity index (χ3v) is 4.71. The topological polar surface area (TPSA) is 121 Å². The molecule has 2 unspecified atom stereocenters. The molecular weight excluding hydrogens is 332 g/mol. The van der Waals surface area contributed by atoms with E-state index < -0.39 is 5.66 Å². The highest BCUT2D eigenvalue weighted by molar-refractivity contribution is 5.90. The smallest absolute Gasteiger partial charge is 0.195 e. The molecule has 26 heavy (non-hydrogen) atoms. The third-order valence-electron chi connectivity index (χ3n) is 4.71. The SMILES string of the molecule is Cc1cc(C2(N)C=C(c3cnn(C)c3)NC(N)=N2)nn1C1CCCCO1. The van der Waals surface area contributed by atoms with Crippen LogP contribution in [-0.2, 0) is 17.4 Å². The fourth-order valence-electron chi connectivity index (χ4n) is 3.39. The second-order valence-electron chi connectivity index (χ2n) is 6.84. The van der Waals surface area contributed by atoms with E-state index in [1.54, 1.807) is 10.9 Å². The Morgan fingerprint density at radius 1 is 1.38 bits per heavy atom. The lowest BCUT2D eigenvalue weighted by Crippen LogP contribution is -2.44. The van der Waals surface area contributed by atoms with Gasteiger partial charge in [-0.25, -0.2) is 9.67 Å². The number of hydrogen-bond acceptors (Lipinski definition) is 7. The van der Waals surface area contributed by atoms with Crippen molar-refractivity contribution in [1.82, 2.24) is 24.9 Å². The molecule has 0 radical (unpaired) electrons. The average molecular weight is 356 g/mol. The van der Waals surface area contributed by atoms with Crippen molar-refractivity contribution in [1.29, 1.82) is 0 Å². The van der Waals surface area contributed by atoms with Crippen molar-refractivity contribution >= 4 is 11.7 Å². The van der Waals surface area contributed by atoms with Crippen LogP contribution in [0.25, 0.3) is 5.70 Å². The normalized spacial score (nSPS) is 26.2. The summed E-state index contributed by atoms with van der Waals surface area (Å²) in [6, 6.07) is 1.94. The molecule has 1 saturated heterocycles. The predicted molar refractivity (Wildman–Crippen MR) is 97.6 cm³/mol. The lowest BCUT2D eigenvalue weighted by Gasteiger charge is -2.27. The van der Waals surface area contributed by atoms with Crippen molar-refractivity contribution in [3.05, 3.63) is 41.5 Å². The quantitative estimate of drug-likeness (QED) is 0.744. The van der Waals surface area contributed by atoms with Crippen molar-refractivity contribution in [2.45, 2.75) is 38.1 Å². The number of aromatic nitrogens is 4. The van der Waals surface area contributed by atoms with Crippen LogP contribution in [0, 0.1) is 6.92 Å². The van der Waals surface area contributed by atoms with E-state index in [1.807, 2.05) is 37.0 Å². The summed E-state index contributed by atoms with van der Waals surface area (Å²) >= 11 is 0. The van der Waals surface area contributed by atoms with E-state index in [0.717, 1.165) is 42.8 Å². The van der Waals surface area contributed by atoms with Crippen LogP contribution < -0.4 is 16.8 Å². The fraction of sp³-hybridized carbons (Fsp3) is 0.471. The molecule has 1 fully saturated rings. The average Bonchev–Trinajstić information content (AvgIpc) is 3.21. The summed E-state index contributed by atoms with van der Waals surface area (Å²) in [5.74, 6) is 0.245. The van der Waals surface area contributed by atoms with Crippen LogP contribution in [0.3, 0.4) is 0 Å². The van der Waals surface area contributed by atoms with E-state index in [1.165, 1.54) is 0 Å². The molecule has 9 heteroatoms.